The number of rotatable bonds is 2. The zero-order chi connectivity index (χ0) is 24.4. The molecule has 0 spiro atoms. The summed E-state index contributed by atoms with van der Waals surface area (Å²) < 4.78 is 5.26. The highest BCUT2D eigenvalue weighted by atomic mass is 16.5. The Kier molecular flexibility index (Phi) is 5.76. The van der Waals surface area contributed by atoms with Crippen LogP contribution in [0.2, 0.25) is 0 Å². The van der Waals surface area contributed by atoms with E-state index in [4.69, 9.17) is 4.74 Å². The number of urea groups is 1. The first kappa shape index (κ1) is 23.8. The van der Waals surface area contributed by atoms with E-state index in [1.54, 1.807) is 6.08 Å². The van der Waals surface area contributed by atoms with Gasteiger partial charge in [-0.3, -0.25) is 0 Å². The summed E-state index contributed by atoms with van der Waals surface area (Å²) in [5.74, 6) is 1.51. The monoisotopic (exact) mass is 485 g/mol. The van der Waals surface area contributed by atoms with E-state index in [-0.39, 0.29) is 34.8 Å². The summed E-state index contributed by atoms with van der Waals surface area (Å²) >= 11 is 0. The van der Waals surface area contributed by atoms with Gasteiger partial charge in [-0.1, -0.05) is 13.8 Å². The molecule has 0 aromatic heterocycles. The second-order valence-electron chi connectivity index (χ2n) is 12.9. The van der Waals surface area contributed by atoms with Crippen molar-refractivity contribution in [2.45, 2.75) is 83.3 Å². The molecule has 8 atom stereocenters. The van der Waals surface area contributed by atoms with Crippen LogP contribution in [0, 0.1) is 34.5 Å². The number of hydrogen-bond acceptors (Lipinski definition) is 5. The predicted octanol–water partition coefficient (Wildman–Crippen LogP) is 3.23. The number of fused-ring (bicyclic) bond motifs is 5. The smallest absolute Gasteiger partial charge is 0.331 e. The third-order valence-electron chi connectivity index (χ3n) is 11.7. The highest BCUT2D eigenvalue weighted by Crippen LogP contribution is 2.69. The minimum absolute atomic E-state index is 0.109. The number of nitrogens with one attached hydrogen (secondary N) is 2. The lowest BCUT2D eigenvalue weighted by atomic mass is 9.43. The second kappa shape index (κ2) is 8.47. The maximum Gasteiger partial charge on any atom is 0.331 e. The Hall–Kier alpha value is -1.60. The summed E-state index contributed by atoms with van der Waals surface area (Å²) in [4.78, 5) is 26.5. The number of piperazine rings is 1. The first-order valence-corrected chi connectivity index (χ1v) is 14.1. The number of aliphatic hydroxyl groups is 1. The first-order valence-electron chi connectivity index (χ1n) is 14.1. The molecular weight excluding hydrogens is 442 g/mol. The Balaban J connectivity index is 1.16. The minimum Gasteiger partial charge on any atom is -0.458 e. The summed E-state index contributed by atoms with van der Waals surface area (Å²) in [6.45, 7) is 8.53. The summed E-state index contributed by atoms with van der Waals surface area (Å²) in [5.41, 5.74) is 0.507. The zero-order valence-electron chi connectivity index (χ0n) is 21.5. The predicted molar refractivity (Wildman–Crippen MR) is 132 cm³/mol. The molecule has 7 nitrogen and oxygen atoms in total. The molecule has 2 amide bonds. The van der Waals surface area contributed by atoms with E-state index in [0.29, 0.717) is 24.4 Å². The van der Waals surface area contributed by atoms with E-state index in [9.17, 15) is 14.7 Å². The molecule has 194 valence electrons. The van der Waals surface area contributed by atoms with Crippen LogP contribution < -0.4 is 10.6 Å². The number of cyclic esters (lactones) is 1. The van der Waals surface area contributed by atoms with Crippen molar-refractivity contribution in [1.82, 2.24) is 15.5 Å². The average molecular weight is 486 g/mol. The normalized spacial score (nSPS) is 47.3. The Labute approximate surface area is 209 Å². The Bertz CT molecular complexity index is 916. The fourth-order valence-electron chi connectivity index (χ4n) is 9.67. The van der Waals surface area contributed by atoms with Crippen molar-refractivity contribution in [3.8, 4) is 0 Å². The minimum atomic E-state index is -0.658. The van der Waals surface area contributed by atoms with Crippen LogP contribution in [-0.2, 0) is 9.53 Å². The maximum atomic E-state index is 12.8. The lowest BCUT2D eigenvalue weighted by Gasteiger charge is -2.64. The molecule has 7 heteroatoms. The Morgan fingerprint density at radius 2 is 1.89 bits per heavy atom. The maximum absolute atomic E-state index is 12.8. The van der Waals surface area contributed by atoms with Crippen LogP contribution in [0.15, 0.2) is 11.6 Å². The number of esters is 1. The zero-order valence-corrected chi connectivity index (χ0v) is 21.5. The number of carbonyl (C=O) groups excluding carboxylic acids is 2. The summed E-state index contributed by atoms with van der Waals surface area (Å²) in [6, 6.07) is 0.379. The average Bonchev–Trinajstić information content (AvgIpc) is 3.39. The molecule has 6 rings (SSSR count). The van der Waals surface area contributed by atoms with E-state index in [0.717, 1.165) is 89.5 Å². The highest BCUT2D eigenvalue weighted by molar-refractivity contribution is 5.85. The van der Waals surface area contributed by atoms with Gasteiger partial charge in [-0.25, -0.2) is 9.59 Å². The van der Waals surface area contributed by atoms with Crippen molar-refractivity contribution in [3.63, 3.8) is 0 Å². The van der Waals surface area contributed by atoms with Gasteiger partial charge in [-0.2, -0.15) is 0 Å². The van der Waals surface area contributed by atoms with Crippen molar-refractivity contribution in [1.29, 1.82) is 0 Å². The highest BCUT2D eigenvalue weighted by Gasteiger charge is 2.67. The van der Waals surface area contributed by atoms with Crippen LogP contribution in [0.4, 0.5) is 4.79 Å². The Morgan fingerprint density at radius 3 is 2.63 bits per heavy atom. The molecule has 0 radical (unpaired) electrons. The summed E-state index contributed by atoms with van der Waals surface area (Å²) in [6.07, 6.45) is 11.1. The number of hydrogen-bond donors (Lipinski definition) is 3. The standard InChI is InChI=1S/C28H43N3O4/c1-26-8-5-20(30-25(33)31-13-11-29-12-14-31)16-19(26)3-4-23-22(26)6-9-27(2)21(7-10-28(23,27)34)18-15-24(32)35-17-18/h15,19-23,29,34H,3-14,16-17H2,1-2H3,(H,30,33). The third kappa shape index (κ3) is 3.58. The van der Waals surface area contributed by atoms with Gasteiger partial charge < -0.3 is 25.4 Å². The number of nitrogens with zero attached hydrogens (tertiary/aromatic N) is 1. The van der Waals surface area contributed by atoms with Crippen molar-refractivity contribution >= 4 is 12.0 Å². The van der Waals surface area contributed by atoms with Crippen LogP contribution >= 0.6 is 0 Å². The lowest BCUT2D eigenvalue weighted by molar-refractivity contribution is -0.204. The first-order chi connectivity index (χ1) is 16.7. The molecule has 2 aliphatic heterocycles. The van der Waals surface area contributed by atoms with Gasteiger partial charge in [0.2, 0.25) is 0 Å². The molecule has 8 unspecified atom stereocenters. The largest absolute Gasteiger partial charge is 0.458 e. The number of carbonyl (C=O) groups is 2. The van der Waals surface area contributed by atoms with E-state index < -0.39 is 5.60 Å². The van der Waals surface area contributed by atoms with Crippen LogP contribution in [0.25, 0.3) is 0 Å². The van der Waals surface area contributed by atoms with Gasteiger partial charge >= 0.3 is 12.0 Å². The van der Waals surface area contributed by atoms with Gasteiger partial charge in [0.05, 0.1) is 5.60 Å². The summed E-state index contributed by atoms with van der Waals surface area (Å²) in [7, 11) is 0. The molecular formula is C28H43N3O4. The molecule has 3 N–H and O–H groups in total. The van der Waals surface area contributed by atoms with Gasteiger partial charge in [0.15, 0.2) is 0 Å². The molecule has 5 fully saturated rings. The van der Waals surface area contributed by atoms with Gasteiger partial charge in [-0.15, -0.1) is 0 Å². The third-order valence-corrected chi connectivity index (χ3v) is 11.7. The van der Waals surface area contributed by atoms with E-state index in [1.165, 1.54) is 0 Å². The van der Waals surface area contributed by atoms with Crippen LogP contribution in [-0.4, -0.2) is 66.4 Å². The molecule has 0 aromatic carbocycles. The van der Waals surface area contributed by atoms with Gasteiger partial charge in [0, 0.05) is 43.7 Å². The second-order valence-corrected chi connectivity index (χ2v) is 12.9. The van der Waals surface area contributed by atoms with Crippen LogP contribution in [0.5, 0.6) is 0 Å². The Morgan fingerprint density at radius 1 is 1.09 bits per heavy atom. The lowest BCUT2D eigenvalue weighted by Crippen LogP contribution is -2.63. The number of amides is 2. The molecule has 6 aliphatic rings. The van der Waals surface area contributed by atoms with Crippen molar-refractivity contribution < 1.29 is 19.4 Å². The molecule has 4 aliphatic carbocycles. The SMILES string of the molecule is CC12CCC(NC(=O)N3CCNCC3)CC1CCC1C2CCC2(C)C(C3=CC(=O)OC3)CCC12O. The molecule has 0 bridgehead atoms. The van der Waals surface area contributed by atoms with E-state index in [2.05, 4.69) is 24.5 Å². The fourth-order valence-corrected chi connectivity index (χ4v) is 9.67. The topological polar surface area (TPSA) is 90.9 Å². The molecule has 4 saturated carbocycles. The van der Waals surface area contributed by atoms with Crippen molar-refractivity contribution in [2.24, 2.45) is 34.5 Å². The molecule has 1 saturated heterocycles. The fraction of sp³-hybridized carbons (Fsp3) is 0.857. The quantitative estimate of drug-likeness (QED) is 0.523. The molecule has 0 aromatic rings. The molecule has 2 heterocycles. The molecule has 35 heavy (non-hydrogen) atoms. The van der Waals surface area contributed by atoms with Gasteiger partial charge in [-0.05, 0) is 92.4 Å². The van der Waals surface area contributed by atoms with Crippen molar-refractivity contribution in [3.05, 3.63) is 11.6 Å². The van der Waals surface area contributed by atoms with Crippen LogP contribution in [0.1, 0.15) is 71.6 Å². The van der Waals surface area contributed by atoms with E-state index in [1.807, 2.05) is 4.90 Å². The summed E-state index contributed by atoms with van der Waals surface area (Å²) in [5, 5.41) is 19.0. The van der Waals surface area contributed by atoms with E-state index >= 15 is 0 Å². The van der Waals surface area contributed by atoms with Crippen molar-refractivity contribution in [2.75, 3.05) is 32.8 Å². The number of ether oxygens (including phenoxy) is 1. The van der Waals surface area contributed by atoms with Gasteiger partial charge in [0.25, 0.3) is 0 Å². The van der Waals surface area contributed by atoms with Gasteiger partial charge in [0.1, 0.15) is 6.61 Å². The van der Waals surface area contributed by atoms with Crippen LogP contribution in [0.3, 0.4) is 0 Å².